The molecule has 0 aliphatic carbocycles. The first-order valence-corrected chi connectivity index (χ1v) is 5.18. The summed E-state index contributed by atoms with van der Waals surface area (Å²) < 4.78 is 0. The van der Waals surface area contributed by atoms with Crippen molar-refractivity contribution in [1.82, 2.24) is 15.3 Å². The number of hydrogen-bond acceptors (Lipinski definition) is 5. The summed E-state index contributed by atoms with van der Waals surface area (Å²) in [7, 11) is 0. The van der Waals surface area contributed by atoms with Crippen LogP contribution in [0.15, 0.2) is 17.4 Å². The van der Waals surface area contributed by atoms with Crippen molar-refractivity contribution in [2.24, 2.45) is 0 Å². The number of carbonyl (C=O) groups excluding carboxylic acids is 1. The van der Waals surface area contributed by atoms with E-state index in [0.717, 1.165) is 0 Å². The molecule has 76 valence electrons. The molecule has 0 saturated carbocycles. The molecular weight excluding hydrogens is 200 g/mol. The Hall–Kier alpha value is -1.30. The second kappa shape index (κ2) is 5.43. The third-order valence-corrected chi connectivity index (χ3v) is 2.40. The molecule has 14 heavy (non-hydrogen) atoms. The maximum Gasteiger partial charge on any atom is 0.230 e. The highest BCUT2D eigenvalue weighted by Crippen LogP contribution is 2.18. The lowest BCUT2D eigenvalue weighted by molar-refractivity contribution is -0.118. The first-order chi connectivity index (χ1) is 6.74. The molecule has 5 nitrogen and oxygen atoms in total. The molecule has 1 aromatic heterocycles. The lowest BCUT2D eigenvalue weighted by atomic mass is 10.6. The van der Waals surface area contributed by atoms with Gasteiger partial charge in [-0.05, 0) is 6.92 Å². The van der Waals surface area contributed by atoms with Crippen LogP contribution in [0, 0.1) is 0 Å². The van der Waals surface area contributed by atoms with Gasteiger partial charge in [0.2, 0.25) is 5.91 Å². The fourth-order valence-corrected chi connectivity index (χ4v) is 1.54. The van der Waals surface area contributed by atoms with Crippen LogP contribution < -0.4 is 11.1 Å². The van der Waals surface area contributed by atoms with Gasteiger partial charge in [0.05, 0.1) is 5.75 Å². The van der Waals surface area contributed by atoms with Gasteiger partial charge >= 0.3 is 0 Å². The Bertz CT molecular complexity index is 318. The van der Waals surface area contributed by atoms with Crippen LogP contribution >= 0.6 is 11.8 Å². The van der Waals surface area contributed by atoms with E-state index in [2.05, 4.69) is 15.3 Å². The van der Waals surface area contributed by atoms with Gasteiger partial charge in [0.1, 0.15) is 5.03 Å². The van der Waals surface area contributed by atoms with Gasteiger partial charge in [0.25, 0.3) is 0 Å². The van der Waals surface area contributed by atoms with E-state index < -0.39 is 0 Å². The Morgan fingerprint density at radius 3 is 2.93 bits per heavy atom. The van der Waals surface area contributed by atoms with Crippen molar-refractivity contribution >= 4 is 23.5 Å². The molecule has 0 aliphatic rings. The highest BCUT2D eigenvalue weighted by Gasteiger charge is 2.05. The van der Waals surface area contributed by atoms with Crippen molar-refractivity contribution in [2.45, 2.75) is 11.9 Å². The number of hydrogen-bond donors (Lipinski definition) is 2. The lowest BCUT2D eigenvalue weighted by Crippen LogP contribution is -2.24. The maximum absolute atomic E-state index is 11.1. The zero-order valence-corrected chi connectivity index (χ0v) is 8.67. The van der Waals surface area contributed by atoms with Crippen LogP contribution in [-0.4, -0.2) is 28.2 Å². The minimum Gasteiger partial charge on any atom is -0.381 e. The van der Waals surface area contributed by atoms with E-state index in [1.807, 2.05) is 6.92 Å². The minimum absolute atomic E-state index is 0.0254. The number of rotatable bonds is 4. The van der Waals surface area contributed by atoms with E-state index in [4.69, 9.17) is 5.73 Å². The molecule has 3 N–H and O–H groups in total. The highest BCUT2D eigenvalue weighted by atomic mass is 32.2. The average Bonchev–Trinajstić information content (AvgIpc) is 2.17. The summed E-state index contributed by atoms with van der Waals surface area (Å²) in [4.78, 5) is 19.0. The van der Waals surface area contributed by atoms with E-state index in [1.54, 1.807) is 6.20 Å². The molecule has 0 bridgehead atoms. The summed E-state index contributed by atoms with van der Waals surface area (Å²) in [6.45, 7) is 2.51. The number of nitrogen functional groups attached to an aromatic ring is 1. The molecule has 6 heteroatoms. The van der Waals surface area contributed by atoms with Gasteiger partial charge in [0.15, 0.2) is 5.82 Å². The molecule has 1 aromatic rings. The molecule has 1 rings (SSSR count). The van der Waals surface area contributed by atoms with E-state index in [0.29, 0.717) is 23.1 Å². The molecule has 0 saturated heterocycles. The molecule has 0 aromatic carbocycles. The van der Waals surface area contributed by atoms with Crippen LogP contribution in [0.2, 0.25) is 0 Å². The molecule has 0 unspecified atom stereocenters. The Labute approximate surface area is 86.5 Å². The molecular formula is C8H12N4OS. The summed E-state index contributed by atoms with van der Waals surface area (Å²) in [5.41, 5.74) is 5.55. The smallest absolute Gasteiger partial charge is 0.230 e. The van der Waals surface area contributed by atoms with Crippen molar-refractivity contribution < 1.29 is 4.79 Å². The van der Waals surface area contributed by atoms with Crippen LogP contribution in [0.3, 0.4) is 0 Å². The van der Waals surface area contributed by atoms with Crippen LogP contribution in [-0.2, 0) is 4.79 Å². The van der Waals surface area contributed by atoms with Crippen molar-refractivity contribution in [3.63, 3.8) is 0 Å². The molecule has 1 heterocycles. The molecule has 0 radical (unpaired) electrons. The fourth-order valence-electron chi connectivity index (χ4n) is 0.829. The van der Waals surface area contributed by atoms with E-state index >= 15 is 0 Å². The van der Waals surface area contributed by atoms with Crippen molar-refractivity contribution in [3.8, 4) is 0 Å². The topological polar surface area (TPSA) is 80.9 Å². The third-order valence-electron chi connectivity index (χ3n) is 1.41. The van der Waals surface area contributed by atoms with Gasteiger partial charge in [-0.25, -0.2) is 9.97 Å². The number of anilines is 1. The van der Waals surface area contributed by atoms with Crippen LogP contribution in [0.1, 0.15) is 6.92 Å². The zero-order chi connectivity index (χ0) is 10.4. The summed E-state index contributed by atoms with van der Waals surface area (Å²) in [6.07, 6.45) is 3.07. The summed E-state index contributed by atoms with van der Waals surface area (Å²) in [5, 5.41) is 3.28. The first-order valence-electron chi connectivity index (χ1n) is 4.20. The summed E-state index contributed by atoms with van der Waals surface area (Å²) >= 11 is 1.28. The quantitative estimate of drug-likeness (QED) is 0.701. The van der Waals surface area contributed by atoms with Gasteiger partial charge in [-0.15, -0.1) is 0 Å². The van der Waals surface area contributed by atoms with Gasteiger partial charge in [-0.2, -0.15) is 0 Å². The van der Waals surface area contributed by atoms with E-state index in [-0.39, 0.29) is 5.91 Å². The Morgan fingerprint density at radius 1 is 1.57 bits per heavy atom. The summed E-state index contributed by atoms with van der Waals surface area (Å²) in [6, 6.07) is 0. The standard InChI is InChI=1S/C8H12N4OS/c1-2-10-6(13)5-14-8-7(9)11-3-4-12-8/h3-4H,2,5H2,1H3,(H2,9,11)(H,10,13). The molecule has 0 atom stereocenters. The van der Waals surface area contributed by atoms with Gasteiger partial charge in [0, 0.05) is 18.9 Å². The predicted octanol–water partition coefficient (Wildman–Crippen LogP) is 0.287. The zero-order valence-electron chi connectivity index (χ0n) is 7.86. The second-order valence-corrected chi connectivity index (χ2v) is 3.45. The van der Waals surface area contributed by atoms with Crippen LogP contribution in [0.5, 0.6) is 0 Å². The number of amides is 1. The second-order valence-electron chi connectivity index (χ2n) is 2.49. The lowest BCUT2D eigenvalue weighted by Gasteiger charge is -2.02. The first kappa shape index (κ1) is 10.8. The van der Waals surface area contributed by atoms with Crippen LogP contribution in [0.4, 0.5) is 5.82 Å². The fraction of sp³-hybridized carbons (Fsp3) is 0.375. The Morgan fingerprint density at radius 2 is 2.29 bits per heavy atom. The largest absolute Gasteiger partial charge is 0.381 e. The Kier molecular flexibility index (Phi) is 4.18. The van der Waals surface area contributed by atoms with Crippen molar-refractivity contribution in [2.75, 3.05) is 18.0 Å². The average molecular weight is 212 g/mol. The molecule has 0 aliphatic heterocycles. The highest BCUT2D eigenvalue weighted by molar-refractivity contribution is 8.00. The van der Waals surface area contributed by atoms with E-state index in [9.17, 15) is 4.79 Å². The van der Waals surface area contributed by atoms with E-state index in [1.165, 1.54) is 18.0 Å². The molecule has 1 amide bonds. The van der Waals surface area contributed by atoms with Gasteiger partial charge in [-0.1, -0.05) is 11.8 Å². The van der Waals surface area contributed by atoms with Gasteiger partial charge in [-0.3, -0.25) is 4.79 Å². The van der Waals surface area contributed by atoms with Crippen molar-refractivity contribution in [3.05, 3.63) is 12.4 Å². The molecule has 0 fully saturated rings. The number of thioether (sulfide) groups is 1. The number of nitrogens with zero attached hydrogens (tertiary/aromatic N) is 2. The number of aromatic nitrogens is 2. The normalized spacial score (nSPS) is 9.79. The predicted molar refractivity (Wildman–Crippen MR) is 55.9 cm³/mol. The third kappa shape index (κ3) is 3.21. The minimum atomic E-state index is -0.0254. The number of nitrogens with two attached hydrogens (primary N) is 1. The maximum atomic E-state index is 11.1. The molecule has 0 spiro atoms. The monoisotopic (exact) mass is 212 g/mol. The number of nitrogens with one attached hydrogen (secondary N) is 1. The van der Waals surface area contributed by atoms with Gasteiger partial charge < -0.3 is 11.1 Å². The van der Waals surface area contributed by atoms with Crippen molar-refractivity contribution in [1.29, 1.82) is 0 Å². The SMILES string of the molecule is CCNC(=O)CSc1nccnc1N. The van der Waals surface area contributed by atoms with Crippen LogP contribution in [0.25, 0.3) is 0 Å². The summed E-state index contributed by atoms with van der Waals surface area (Å²) in [5.74, 6) is 0.654. The number of carbonyl (C=O) groups is 1. The Balaban J connectivity index is 2.46.